The third-order valence-electron chi connectivity index (χ3n) is 5.19. The summed E-state index contributed by atoms with van der Waals surface area (Å²) in [7, 11) is 2.83. The molecule has 0 bridgehead atoms. The van der Waals surface area contributed by atoms with Crippen molar-refractivity contribution in [1.29, 1.82) is 0 Å². The van der Waals surface area contributed by atoms with Gasteiger partial charge in [0.25, 0.3) is 5.56 Å². The molecule has 3 rings (SSSR count). The fourth-order valence-electron chi connectivity index (χ4n) is 3.29. The molecule has 1 heterocycles. The molecular formula is C24H25N3O6. The molecule has 33 heavy (non-hydrogen) atoms. The topological polar surface area (TPSA) is 123 Å². The van der Waals surface area contributed by atoms with E-state index in [1.54, 1.807) is 43.5 Å². The minimum Gasteiger partial charge on any atom is -0.497 e. The van der Waals surface area contributed by atoms with Crippen LogP contribution in [0.25, 0.3) is 0 Å². The van der Waals surface area contributed by atoms with Crippen molar-refractivity contribution in [2.75, 3.05) is 19.5 Å². The van der Waals surface area contributed by atoms with Crippen LogP contribution >= 0.6 is 0 Å². The van der Waals surface area contributed by atoms with E-state index < -0.39 is 29.6 Å². The Labute approximate surface area is 190 Å². The van der Waals surface area contributed by atoms with Crippen LogP contribution in [0, 0.1) is 0 Å². The van der Waals surface area contributed by atoms with E-state index >= 15 is 0 Å². The summed E-state index contributed by atoms with van der Waals surface area (Å²) in [6, 6.07) is 16.3. The van der Waals surface area contributed by atoms with Gasteiger partial charge in [-0.15, -0.1) is 0 Å². The third kappa shape index (κ3) is 5.57. The first-order chi connectivity index (χ1) is 15.8. The lowest BCUT2D eigenvalue weighted by molar-refractivity contribution is -0.142. The van der Waals surface area contributed by atoms with Crippen molar-refractivity contribution >= 4 is 17.6 Å². The number of esters is 1. The van der Waals surface area contributed by atoms with Crippen LogP contribution in [0.4, 0.5) is 5.82 Å². The molecule has 9 nitrogen and oxygen atoms in total. The minimum absolute atomic E-state index is 0.0562. The molecule has 0 atom stereocenters. The highest BCUT2D eigenvalue weighted by Crippen LogP contribution is 2.13. The molecule has 0 aliphatic carbocycles. The van der Waals surface area contributed by atoms with Gasteiger partial charge in [-0.1, -0.05) is 42.5 Å². The van der Waals surface area contributed by atoms with Gasteiger partial charge >= 0.3 is 11.7 Å². The number of anilines is 1. The minimum atomic E-state index is -0.832. The van der Waals surface area contributed by atoms with Crippen LogP contribution in [-0.4, -0.2) is 34.6 Å². The predicted molar refractivity (Wildman–Crippen MR) is 123 cm³/mol. The van der Waals surface area contributed by atoms with Gasteiger partial charge in [-0.05, 0) is 29.7 Å². The van der Waals surface area contributed by atoms with E-state index in [0.717, 1.165) is 20.3 Å². The van der Waals surface area contributed by atoms with E-state index in [2.05, 4.69) is 0 Å². The summed E-state index contributed by atoms with van der Waals surface area (Å²) in [5, 5.41) is 0. The highest BCUT2D eigenvalue weighted by molar-refractivity contribution is 6.01. The Bertz CT molecular complexity index is 1260. The molecule has 9 heteroatoms. The van der Waals surface area contributed by atoms with Gasteiger partial charge in [0, 0.05) is 13.5 Å². The largest absolute Gasteiger partial charge is 0.497 e. The van der Waals surface area contributed by atoms with Crippen LogP contribution in [0.15, 0.2) is 64.2 Å². The number of benzene rings is 2. The summed E-state index contributed by atoms with van der Waals surface area (Å²) in [6.45, 7) is -0.564. The van der Waals surface area contributed by atoms with Gasteiger partial charge in [0.15, 0.2) is 6.61 Å². The second kappa shape index (κ2) is 10.4. The normalized spacial score (nSPS) is 10.6. The lowest BCUT2D eigenvalue weighted by atomic mass is 10.1. The fraction of sp³-hybridized carbons (Fsp3) is 0.250. The zero-order chi connectivity index (χ0) is 24.0. The van der Waals surface area contributed by atoms with Gasteiger partial charge < -0.3 is 15.2 Å². The number of hydrogen-bond acceptors (Lipinski definition) is 7. The predicted octanol–water partition coefficient (Wildman–Crippen LogP) is 1.54. The third-order valence-corrected chi connectivity index (χ3v) is 5.19. The van der Waals surface area contributed by atoms with Crippen LogP contribution in [0.1, 0.15) is 27.9 Å². The van der Waals surface area contributed by atoms with Crippen LogP contribution in [-0.2, 0) is 29.5 Å². The lowest BCUT2D eigenvalue weighted by Crippen LogP contribution is -2.43. The molecule has 0 spiro atoms. The van der Waals surface area contributed by atoms with Crippen molar-refractivity contribution < 1.29 is 19.1 Å². The second-order valence-electron chi connectivity index (χ2n) is 7.41. The second-order valence-corrected chi connectivity index (χ2v) is 7.41. The number of Topliss-reactive ketones (excluding diaryl/α,β-unsaturated/α-hetero) is 1. The number of hydrogen-bond donors (Lipinski definition) is 1. The smallest absolute Gasteiger partial charge is 0.332 e. The number of nitrogen functional groups attached to an aromatic ring is 1. The fourth-order valence-corrected chi connectivity index (χ4v) is 3.29. The molecule has 0 saturated heterocycles. The number of aromatic nitrogens is 2. The lowest BCUT2D eigenvalue weighted by Gasteiger charge is -2.14. The Hall–Kier alpha value is -4.14. The molecule has 0 unspecified atom stereocenters. The van der Waals surface area contributed by atoms with Crippen LogP contribution in [0.2, 0.25) is 0 Å². The van der Waals surface area contributed by atoms with Gasteiger partial charge in [0.2, 0.25) is 5.78 Å². The quantitative estimate of drug-likeness (QED) is 0.387. The van der Waals surface area contributed by atoms with Crippen LogP contribution in [0.3, 0.4) is 0 Å². The molecule has 0 aliphatic rings. The number of nitrogens with two attached hydrogens (primary N) is 1. The van der Waals surface area contributed by atoms with Gasteiger partial charge in [-0.3, -0.25) is 23.5 Å². The maximum Gasteiger partial charge on any atom is 0.332 e. The van der Waals surface area contributed by atoms with Gasteiger partial charge in [-0.2, -0.15) is 0 Å². The highest BCUT2D eigenvalue weighted by atomic mass is 16.5. The number of methoxy groups -OCH3 is 1. The zero-order valence-electron chi connectivity index (χ0n) is 18.4. The number of ether oxygens (including phenoxy) is 2. The Morgan fingerprint density at radius 3 is 2.27 bits per heavy atom. The SMILES string of the molecule is COc1ccc(CCC(=O)OCC(=O)c2c(N)n(Cc3ccccc3)c(=O)n(C)c2=O)cc1. The monoisotopic (exact) mass is 451 g/mol. The molecule has 2 N–H and O–H groups in total. The van der Waals surface area contributed by atoms with Crippen LogP contribution in [0.5, 0.6) is 5.75 Å². The number of carbonyl (C=O) groups is 2. The maximum atomic E-state index is 12.7. The Morgan fingerprint density at radius 2 is 1.64 bits per heavy atom. The van der Waals surface area contributed by atoms with Crippen LogP contribution < -0.4 is 21.7 Å². The van der Waals surface area contributed by atoms with E-state index in [1.807, 2.05) is 18.2 Å². The summed E-state index contributed by atoms with van der Waals surface area (Å²) >= 11 is 0. The highest BCUT2D eigenvalue weighted by Gasteiger charge is 2.22. The molecule has 0 aliphatic heterocycles. The molecule has 0 amide bonds. The number of carbonyl (C=O) groups excluding carboxylic acids is 2. The molecule has 0 fully saturated rings. The van der Waals surface area contributed by atoms with E-state index in [1.165, 1.54) is 7.05 Å². The first-order valence-electron chi connectivity index (χ1n) is 10.3. The Morgan fingerprint density at radius 1 is 0.970 bits per heavy atom. The summed E-state index contributed by atoms with van der Waals surface area (Å²) in [5.74, 6) is -0.911. The first kappa shape index (κ1) is 23.5. The van der Waals surface area contributed by atoms with Crippen molar-refractivity contribution in [2.45, 2.75) is 19.4 Å². The van der Waals surface area contributed by atoms with E-state index in [0.29, 0.717) is 12.2 Å². The molecule has 0 radical (unpaired) electrons. The number of rotatable bonds is 9. The van der Waals surface area contributed by atoms with Crippen molar-refractivity contribution in [3.63, 3.8) is 0 Å². The van der Waals surface area contributed by atoms with Crippen molar-refractivity contribution in [3.8, 4) is 5.75 Å². The Kier molecular flexibility index (Phi) is 7.45. The number of nitrogens with zero attached hydrogens (tertiary/aromatic N) is 2. The number of ketones is 1. The maximum absolute atomic E-state index is 12.7. The summed E-state index contributed by atoms with van der Waals surface area (Å²) in [5.41, 5.74) is 5.87. The van der Waals surface area contributed by atoms with E-state index in [-0.39, 0.29) is 24.3 Å². The average Bonchev–Trinajstić information content (AvgIpc) is 2.84. The molecule has 3 aromatic rings. The Balaban J connectivity index is 1.70. The molecule has 2 aromatic carbocycles. The summed E-state index contributed by atoms with van der Waals surface area (Å²) < 4.78 is 12.1. The van der Waals surface area contributed by atoms with Gasteiger partial charge in [0.1, 0.15) is 17.1 Å². The first-order valence-corrected chi connectivity index (χ1v) is 10.3. The standard InChI is InChI=1S/C24H25N3O6/c1-26-23(30)21(22(25)27(24(26)31)14-17-6-4-3-5-7-17)19(28)15-33-20(29)13-10-16-8-11-18(32-2)12-9-16/h3-9,11-12H,10,13-15,25H2,1-2H3. The van der Waals surface area contributed by atoms with Crippen molar-refractivity contribution in [3.05, 3.63) is 92.1 Å². The van der Waals surface area contributed by atoms with Gasteiger partial charge in [0.05, 0.1) is 13.7 Å². The van der Waals surface area contributed by atoms with Gasteiger partial charge in [-0.25, -0.2) is 4.79 Å². The molecule has 0 saturated carbocycles. The molecule has 1 aromatic heterocycles. The average molecular weight is 451 g/mol. The summed E-state index contributed by atoms with van der Waals surface area (Å²) in [4.78, 5) is 49.9. The van der Waals surface area contributed by atoms with Crippen molar-refractivity contribution in [1.82, 2.24) is 9.13 Å². The molecular weight excluding hydrogens is 426 g/mol. The van der Waals surface area contributed by atoms with E-state index in [4.69, 9.17) is 15.2 Å². The van der Waals surface area contributed by atoms with E-state index in [9.17, 15) is 19.2 Å². The zero-order valence-corrected chi connectivity index (χ0v) is 18.4. The summed E-state index contributed by atoms with van der Waals surface area (Å²) in [6.07, 6.45) is 0.476. The number of aryl methyl sites for hydroxylation is 1. The molecule has 172 valence electrons. The van der Waals surface area contributed by atoms with Crippen molar-refractivity contribution in [2.24, 2.45) is 7.05 Å².